The third kappa shape index (κ3) is 3.29. The molecular weight excluding hydrogens is 291 g/mol. The number of aryl methyl sites for hydroxylation is 1. The van der Waals surface area contributed by atoms with Crippen LogP contribution in [-0.2, 0) is 10.8 Å². The Morgan fingerprint density at radius 1 is 1.11 bits per heavy atom. The average Bonchev–Trinajstić information content (AvgIpc) is 2.69. The molecule has 2 rings (SSSR count). The summed E-state index contributed by atoms with van der Waals surface area (Å²) in [7, 11) is 1.80. The zero-order valence-electron chi connectivity index (χ0n) is 9.65. The Bertz CT molecular complexity index is 553. The molecule has 0 bridgehead atoms. The lowest BCUT2D eigenvalue weighted by atomic mass is 10.2. The van der Waals surface area contributed by atoms with Gasteiger partial charge in [-0.05, 0) is 11.6 Å². The molecule has 5 heteroatoms. The number of imidazole rings is 1. The molecule has 0 unspecified atom stereocenters. The van der Waals surface area contributed by atoms with Crippen LogP contribution < -0.4 is 0 Å². The molecular formula is C13H11Cl3N2. The van der Waals surface area contributed by atoms with Crippen LogP contribution in [0, 0.1) is 0 Å². The fourth-order valence-corrected chi connectivity index (χ4v) is 2.11. The molecule has 0 atom stereocenters. The quantitative estimate of drug-likeness (QED) is 0.751. The van der Waals surface area contributed by atoms with Gasteiger partial charge in [0.05, 0.1) is 5.69 Å². The highest BCUT2D eigenvalue weighted by Crippen LogP contribution is 2.37. The van der Waals surface area contributed by atoms with E-state index in [4.69, 9.17) is 34.8 Å². The van der Waals surface area contributed by atoms with Crippen LogP contribution in [0.15, 0.2) is 36.5 Å². The largest absolute Gasteiger partial charge is 0.334 e. The maximum absolute atomic E-state index is 5.82. The van der Waals surface area contributed by atoms with E-state index < -0.39 is 3.79 Å². The predicted octanol–water partition coefficient (Wildman–Crippen LogP) is 4.42. The van der Waals surface area contributed by atoms with Crippen molar-refractivity contribution in [3.05, 3.63) is 53.6 Å². The third-order valence-electron chi connectivity index (χ3n) is 2.39. The normalized spacial score (nSPS) is 12.2. The van der Waals surface area contributed by atoms with Gasteiger partial charge < -0.3 is 4.57 Å². The second-order valence-electron chi connectivity index (χ2n) is 3.84. The third-order valence-corrected chi connectivity index (χ3v) is 2.90. The summed E-state index contributed by atoms with van der Waals surface area (Å²) in [5.41, 5.74) is 1.85. The molecule has 0 saturated heterocycles. The minimum Gasteiger partial charge on any atom is -0.334 e. The van der Waals surface area contributed by atoms with Gasteiger partial charge in [0.25, 0.3) is 0 Å². The van der Waals surface area contributed by atoms with Crippen LogP contribution in [0.1, 0.15) is 17.1 Å². The molecule has 2 nitrogen and oxygen atoms in total. The summed E-state index contributed by atoms with van der Waals surface area (Å²) in [4.78, 5) is 4.28. The van der Waals surface area contributed by atoms with Crippen LogP contribution in [0.5, 0.6) is 0 Å². The highest BCUT2D eigenvalue weighted by atomic mass is 35.6. The van der Waals surface area contributed by atoms with E-state index in [2.05, 4.69) is 4.98 Å². The van der Waals surface area contributed by atoms with Gasteiger partial charge in [-0.3, -0.25) is 0 Å². The second kappa shape index (κ2) is 5.35. The van der Waals surface area contributed by atoms with Gasteiger partial charge in [-0.2, -0.15) is 0 Å². The van der Waals surface area contributed by atoms with Crippen molar-refractivity contribution < 1.29 is 0 Å². The lowest BCUT2D eigenvalue weighted by Gasteiger charge is -2.09. The topological polar surface area (TPSA) is 17.8 Å². The van der Waals surface area contributed by atoms with Gasteiger partial charge in [-0.1, -0.05) is 71.2 Å². The number of alkyl halides is 3. The Morgan fingerprint density at radius 3 is 2.33 bits per heavy atom. The molecule has 0 aliphatic carbocycles. The molecule has 0 radical (unpaired) electrons. The molecule has 94 valence electrons. The molecule has 1 heterocycles. The number of halogens is 3. The van der Waals surface area contributed by atoms with Crippen LogP contribution in [-0.4, -0.2) is 9.55 Å². The molecule has 0 spiro atoms. The predicted molar refractivity (Wildman–Crippen MR) is 77.8 cm³/mol. The molecule has 0 aliphatic heterocycles. The number of nitrogens with zero attached hydrogens (tertiary/aromatic N) is 2. The Morgan fingerprint density at radius 2 is 1.78 bits per heavy atom. The van der Waals surface area contributed by atoms with Crippen LogP contribution >= 0.6 is 34.8 Å². The monoisotopic (exact) mass is 300 g/mol. The molecule has 0 fully saturated rings. The Labute approximate surface area is 121 Å². The minimum absolute atomic E-state index is 0.403. The summed E-state index contributed by atoms with van der Waals surface area (Å²) in [5, 5.41) is 0. The summed E-state index contributed by atoms with van der Waals surface area (Å²) in [6, 6.07) is 9.94. The van der Waals surface area contributed by atoms with Gasteiger partial charge in [-0.15, -0.1) is 0 Å². The van der Waals surface area contributed by atoms with Crippen molar-refractivity contribution in [3.8, 4) is 0 Å². The maximum atomic E-state index is 5.82. The number of benzene rings is 1. The molecule has 1 aromatic carbocycles. The van der Waals surface area contributed by atoms with Crippen molar-refractivity contribution in [2.45, 2.75) is 3.79 Å². The molecule has 0 amide bonds. The van der Waals surface area contributed by atoms with Crippen molar-refractivity contribution >= 4 is 47.0 Å². The molecule has 0 N–H and O–H groups in total. The smallest absolute Gasteiger partial charge is 0.248 e. The van der Waals surface area contributed by atoms with E-state index in [-0.39, 0.29) is 0 Å². The van der Waals surface area contributed by atoms with Crippen LogP contribution in [0.25, 0.3) is 12.2 Å². The Balaban J connectivity index is 2.24. The highest BCUT2D eigenvalue weighted by Gasteiger charge is 2.28. The summed E-state index contributed by atoms with van der Waals surface area (Å²) in [6.45, 7) is 0. The average molecular weight is 302 g/mol. The van der Waals surface area contributed by atoms with Gasteiger partial charge in [0.15, 0.2) is 5.82 Å². The summed E-state index contributed by atoms with van der Waals surface area (Å²) in [5.74, 6) is 0.403. The van der Waals surface area contributed by atoms with Gasteiger partial charge in [-0.25, -0.2) is 4.98 Å². The summed E-state index contributed by atoms with van der Waals surface area (Å²) < 4.78 is 0.200. The highest BCUT2D eigenvalue weighted by molar-refractivity contribution is 6.66. The lowest BCUT2D eigenvalue weighted by molar-refractivity contribution is 0.818. The first-order valence-electron chi connectivity index (χ1n) is 5.30. The number of hydrogen-bond acceptors (Lipinski definition) is 1. The van der Waals surface area contributed by atoms with E-state index in [1.54, 1.807) is 11.6 Å². The van der Waals surface area contributed by atoms with Crippen LogP contribution in [0.4, 0.5) is 0 Å². The molecule has 2 aromatic rings. The summed E-state index contributed by atoms with van der Waals surface area (Å²) in [6.07, 6.45) is 5.66. The lowest BCUT2D eigenvalue weighted by Crippen LogP contribution is -2.08. The standard InChI is InChI=1S/C13H11Cl3N2/c1-18-9-11(17-12(18)13(14,15)16)8-7-10-5-3-2-4-6-10/h2-9H,1H3/b8-7+. The van der Waals surface area contributed by atoms with E-state index in [9.17, 15) is 0 Å². The maximum Gasteiger partial charge on any atom is 0.248 e. The second-order valence-corrected chi connectivity index (χ2v) is 6.12. The van der Waals surface area contributed by atoms with E-state index in [0.717, 1.165) is 11.3 Å². The Hall–Kier alpha value is -0.960. The van der Waals surface area contributed by atoms with E-state index in [0.29, 0.717) is 5.82 Å². The fraction of sp³-hybridized carbons (Fsp3) is 0.154. The van der Waals surface area contributed by atoms with Crippen LogP contribution in [0.3, 0.4) is 0 Å². The van der Waals surface area contributed by atoms with Gasteiger partial charge in [0.1, 0.15) is 0 Å². The van der Waals surface area contributed by atoms with Crippen molar-refractivity contribution in [1.29, 1.82) is 0 Å². The zero-order valence-corrected chi connectivity index (χ0v) is 11.9. The van der Waals surface area contributed by atoms with E-state index >= 15 is 0 Å². The van der Waals surface area contributed by atoms with E-state index in [1.807, 2.05) is 48.7 Å². The van der Waals surface area contributed by atoms with Crippen molar-refractivity contribution in [2.75, 3.05) is 0 Å². The molecule has 1 aromatic heterocycles. The zero-order chi connectivity index (χ0) is 13.2. The minimum atomic E-state index is -1.51. The Kier molecular flexibility index (Phi) is 4.00. The van der Waals surface area contributed by atoms with Gasteiger partial charge in [0, 0.05) is 13.2 Å². The first-order chi connectivity index (χ1) is 8.47. The molecule has 0 saturated carbocycles. The van der Waals surface area contributed by atoms with Crippen molar-refractivity contribution in [1.82, 2.24) is 9.55 Å². The van der Waals surface area contributed by atoms with Crippen molar-refractivity contribution in [2.24, 2.45) is 7.05 Å². The number of hydrogen-bond donors (Lipinski definition) is 0. The molecule has 18 heavy (non-hydrogen) atoms. The first kappa shape index (κ1) is 13.5. The van der Waals surface area contributed by atoms with Crippen LogP contribution in [0.2, 0.25) is 0 Å². The summed E-state index contributed by atoms with van der Waals surface area (Å²) >= 11 is 17.5. The van der Waals surface area contributed by atoms with E-state index in [1.165, 1.54) is 0 Å². The number of aromatic nitrogens is 2. The van der Waals surface area contributed by atoms with Gasteiger partial charge >= 0.3 is 0 Å². The first-order valence-corrected chi connectivity index (χ1v) is 6.44. The van der Waals surface area contributed by atoms with Gasteiger partial charge in [0.2, 0.25) is 3.79 Å². The number of rotatable bonds is 2. The molecule has 0 aliphatic rings. The fourth-order valence-electron chi connectivity index (χ4n) is 1.58. The SMILES string of the molecule is Cn1cc(/C=C/c2ccccc2)nc1C(Cl)(Cl)Cl. The van der Waals surface area contributed by atoms with Crippen molar-refractivity contribution in [3.63, 3.8) is 0 Å².